The number of amides is 1. The van der Waals surface area contributed by atoms with E-state index in [0.717, 1.165) is 31.9 Å². The number of hydrogen-bond acceptors (Lipinski definition) is 4. The molecule has 2 aromatic heterocycles. The molecule has 0 aliphatic rings. The molecule has 0 fully saturated rings. The highest BCUT2D eigenvalue weighted by atomic mass is 35.5. The van der Waals surface area contributed by atoms with Crippen LogP contribution in [0.1, 0.15) is 20.9 Å². The molecule has 4 aromatic rings. The summed E-state index contributed by atoms with van der Waals surface area (Å²) < 4.78 is 1.02. The Morgan fingerprint density at radius 2 is 2.04 bits per heavy atom. The van der Waals surface area contributed by atoms with Crippen LogP contribution >= 0.6 is 34.3 Å². The SMILES string of the molecule is Cc1csc(-c2cccc(CNC(=O)c3sc4ccccc4c3Cl)c2)n1. The maximum atomic E-state index is 12.6. The van der Waals surface area contributed by atoms with Crippen molar-refractivity contribution in [3.8, 4) is 10.6 Å². The number of rotatable bonds is 4. The fraction of sp³-hybridized carbons (Fsp3) is 0.100. The van der Waals surface area contributed by atoms with Gasteiger partial charge < -0.3 is 5.32 Å². The summed E-state index contributed by atoms with van der Waals surface area (Å²) in [5.41, 5.74) is 3.11. The molecule has 0 saturated heterocycles. The molecule has 0 radical (unpaired) electrons. The zero-order valence-electron chi connectivity index (χ0n) is 14.0. The lowest BCUT2D eigenvalue weighted by molar-refractivity contribution is 0.0955. The summed E-state index contributed by atoms with van der Waals surface area (Å²) in [6.07, 6.45) is 0. The first-order valence-corrected chi connectivity index (χ1v) is 10.2. The van der Waals surface area contributed by atoms with Crippen LogP contribution in [0.5, 0.6) is 0 Å². The Labute approximate surface area is 164 Å². The van der Waals surface area contributed by atoms with Gasteiger partial charge in [0.05, 0.1) is 5.02 Å². The molecule has 0 aliphatic heterocycles. The largest absolute Gasteiger partial charge is 0.347 e. The summed E-state index contributed by atoms with van der Waals surface area (Å²) in [5.74, 6) is -0.147. The topological polar surface area (TPSA) is 42.0 Å². The van der Waals surface area contributed by atoms with E-state index in [4.69, 9.17) is 11.6 Å². The van der Waals surface area contributed by atoms with Gasteiger partial charge in [-0.1, -0.05) is 48.0 Å². The minimum Gasteiger partial charge on any atom is -0.347 e. The van der Waals surface area contributed by atoms with Gasteiger partial charge in [0, 0.05) is 33.3 Å². The van der Waals surface area contributed by atoms with Gasteiger partial charge in [-0.2, -0.15) is 0 Å². The van der Waals surface area contributed by atoms with E-state index in [9.17, 15) is 4.79 Å². The summed E-state index contributed by atoms with van der Waals surface area (Å²) in [7, 11) is 0. The summed E-state index contributed by atoms with van der Waals surface area (Å²) in [6.45, 7) is 2.43. The van der Waals surface area contributed by atoms with Crippen molar-refractivity contribution in [1.29, 1.82) is 0 Å². The second-order valence-corrected chi connectivity index (χ2v) is 8.21. The molecular weight excluding hydrogens is 384 g/mol. The van der Waals surface area contributed by atoms with Gasteiger partial charge in [-0.3, -0.25) is 4.79 Å². The van der Waals surface area contributed by atoms with Crippen LogP contribution in [0.3, 0.4) is 0 Å². The van der Waals surface area contributed by atoms with Crippen LogP contribution in [0, 0.1) is 6.92 Å². The van der Waals surface area contributed by atoms with Gasteiger partial charge in [-0.25, -0.2) is 4.98 Å². The first-order chi connectivity index (χ1) is 12.6. The lowest BCUT2D eigenvalue weighted by Gasteiger charge is -2.06. The molecule has 130 valence electrons. The summed E-state index contributed by atoms with van der Waals surface area (Å²) in [4.78, 5) is 17.6. The van der Waals surface area contributed by atoms with Gasteiger partial charge in [0.1, 0.15) is 9.88 Å². The molecule has 2 aromatic carbocycles. The first-order valence-electron chi connectivity index (χ1n) is 8.08. The number of thiophene rings is 1. The van der Waals surface area contributed by atoms with Gasteiger partial charge in [0.2, 0.25) is 0 Å². The van der Waals surface area contributed by atoms with Crippen molar-refractivity contribution in [3.63, 3.8) is 0 Å². The predicted molar refractivity (Wildman–Crippen MR) is 110 cm³/mol. The van der Waals surface area contributed by atoms with Gasteiger partial charge in [-0.05, 0) is 24.6 Å². The van der Waals surface area contributed by atoms with Crippen LogP contribution < -0.4 is 5.32 Å². The zero-order chi connectivity index (χ0) is 18.1. The second kappa shape index (κ2) is 7.19. The highest BCUT2D eigenvalue weighted by Gasteiger charge is 2.16. The fourth-order valence-electron chi connectivity index (χ4n) is 2.72. The van der Waals surface area contributed by atoms with E-state index in [-0.39, 0.29) is 5.91 Å². The van der Waals surface area contributed by atoms with E-state index in [0.29, 0.717) is 16.4 Å². The van der Waals surface area contributed by atoms with Crippen LogP contribution in [0.2, 0.25) is 5.02 Å². The maximum Gasteiger partial charge on any atom is 0.263 e. The van der Waals surface area contributed by atoms with Crippen LogP contribution in [0.15, 0.2) is 53.9 Å². The average molecular weight is 399 g/mol. The number of hydrogen-bond donors (Lipinski definition) is 1. The molecule has 0 bridgehead atoms. The van der Waals surface area contributed by atoms with Gasteiger partial charge in [0.25, 0.3) is 5.91 Å². The standard InChI is InChI=1S/C20H15ClN2OS2/c1-12-11-25-20(23-12)14-6-4-5-13(9-14)10-22-19(24)18-17(21)15-7-2-3-8-16(15)26-18/h2-9,11H,10H2,1H3,(H,22,24). The number of fused-ring (bicyclic) bond motifs is 1. The fourth-order valence-corrected chi connectivity index (χ4v) is 4.95. The van der Waals surface area contributed by atoms with Crippen molar-refractivity contribution in [2.24, 2.45) is 0 Å². The third kappa shape index (κ3) is 3.38. The van der Waals surface area contributed by atoms with Crippen LogP contribution in [0.4, 0.5) is 0 Å². The lowest BCUT2D eigenvalue weighted by Crippen LogP contribution is -2.22. The van der Waals surface area contributed by atoms with Crippen LogP contribution in [-0.4, -0.2) is 10.9 Å². The maximum absolute atomic E-state index is 12.6. The molecule has 0 aliphatic carbocycles. The third-order valence-corrected chi connectivity index (χ3v) is 6.67. The van der Waals surface area contributed by atoms with E-state index in [1.165, 1.54) is 11.3 Å². The molecule has 4 rings (SSSR count). The van der Waals surface area contributed by atoms with Gasteiger partial charge >= 0.3 is 0 Å². The Balaban J connectivity index is 1.51. The number of benzene rings is 2. The molecule has 3 nitrogen and oxygen atoms in total. The smallest absolute Gasteiger partial charge is 0.263 e. The van der Waals surface area contributed by atoms with E-state index in [1.807, 2.05) is 54.8 Å². The summed E-state index contributed by atoms with van der Waals surface area (Å²) >= 11 is 9.42. The highest BCUT2D eigenvalue weighted by Crippen LogP contribution is 2.35. The Bertz CT molecular complexity index is 1100. The summed E-state index contributed by atoms with van der Waals surface area (Å²) in [5, 5.41) is 7.44. The molecule has 0 spiro atoms. The van der Waals surface area contributed by atoms with E-state index < -0.39 is 0 Å². The molecule has 0 atom stereocenters. The minimum atomic E-state index is -0.147. The molecule has 0 unspecified atom stereocenters. The van der Waals surface area contributed by atoms with Crippen LogP contribution in [0.25, 0.3) is 20.7 Å². The Kier molecular flexibility index (Phi) is 4.76. The molecule has 6 heteroatoms. The average Bonchev–Trinajstić information content (AvgIpc) is 3.24. The predicted octanol–water partition coefficient (Wildman–Crippen LogP) is 5.92. The number of aromatic nitrogens is 1. The van der Waals surface area contributed by atoms with Crippen molar-refractivity contribution in [2.75, 3.05) is 0 Å². The number of carbonyl (C=O) groups excluding carboxylic acids is 1. The first kappa shape index (κ1) is 17.2. The van der Waals surface area contributed by atoms with Crippen molar-refractivity contribution >= 4 is 50.3 Å². The van der Waals surface area contributed by atoms with Crippen molar-refractivity contribution < 1.29 is 4.79 Å². The quantitative estimate of drug-likeness (QED) is 0.463. The van der Waals surface area contributed by atoms with Crippen molar-refractivity contribution in [3.05, 3.63) is 75.1 Å². The van der Waals surface area contributed by atoms with Crippen molar-refractivity contribution in [1.82, 2.24) is 10.3 Å². The van der Waals surface area contributed by atoms with Gasteiger partial charge in [0.15, 0.2) is 0 Å². The highest BCUT2D eigenvalue weighted by molar-refractivity contribution is 7.21. The number of carbonyl (C=O) groups is 1. The van der Waals surface area contributed by atoms with Crippen molar-refractivity contribution in [2.45, 2.75) is 13.5 Å². The van der Waals surface area contributed by atoms with E-state index >= 15 is 0 Å². The molecule has 2 heterocycles. The number of nitrogens with zero attached hydrogens (tertiary/aromatic N) is 1. The number of nitrogens with one attached hydrogen (secondary N) is 1. The molecular formula is C20H15ClN2OS2. The molecule has 0 saturated carbocycles. The summed E-state index contributed by atoms with van der Waals surface area (Å²) in [6, 6.07) is 15.9. The zero-order valence-corrected chi connectivity index (χ0v) is 16.3. The Morgan fingerprint density at radius 1 is 1.19 bits per heavy atom. The lowest BCUT2D eigenvalue weighted by atomic mass is 10.1. The molecule has 1 N–H and O–H groups in total. The third-order valence-electron chi connectivity index (χ3n) is 3.99. The Morgan fingerprint density at radius 3 is 2.81 bits per heavy atom. The van der Waals surface area contributed by atoms with Crippen LogP contribution in [-0.2, 0) is 6.54 Å². The monoisotopic (exact) mass is 398 g/mol. The number of halogens is 1. The number of aryl methyl sites for hydroxylation is 1. The molecule has 26 heavy (non-hydrogen) atoms. The molecule has 1 amide bonds. The van der Waals surface area contributed by atoms with E-state index in [1.54, 1.807) is 11.3 Å². The van der Waals surface area contributed by atoms with E-state index in [2.05, 4.69) is 16.4 Å². The second-order valence-electron chi connectivity index (χ2n) is 5.92. The number of thiazole rings is 1. The normalized spacial score (nSPS) is 11.0. The minimum absolute atomic E-state index is 0.147. The Hall–Kier alpha value is -2.21. The van der Waals surface area contributed by atoms with Gasteiger partial charge in [-0.15, -0.1) is 22.7 Å².